The monoisotopic (exact) mass is 416 g/mol. The predicted molar refractivity (Wildman–Crippen MR) is 107 cm³/mol. The molecule has 0 radical (unpaired) electrons. The highest BCUT2D eigenvalue weighted by Gasteiger charge is 2.15. The molecule has 11 heteroatoms. The molecule has 3 heterocycles. The van der Waals surface area contributed by atoms with E-state index in [-0.39, 0.29) is 15.7 Å². The minimum atomic E-state index is -3.47. The number of fused-ring (bicyclic) bond motifs is 1. The van der Waals surface area contributed by atoms with Crippen LogP contribution >= 0.6 is 11.3 Å². The van der Waals surface area contributed by atoms with Gasteiger partial charge in [-0.15, -0.1) is 11.3 Å². The molecule has 0 saturated heterocycles. The maximum atomic E-state index is 12.4. The first-order valence-electron chi connectivity index (χ1n) is 8.27. The second-order valence-electron chi connectivity index (χ2n) is 5.83. The molecule has 0 aliphatic heterocycles. The van der Waals surface area contributed by atoms with E-state index in [9.17, 15) is 13.2 Å². The number of thiophene rings is 1. The molecule has 0 bridgehead atoms. The Morgan fingerprint density at radius 2 is 1.96 bits per heavy atom. The van der Waals surface area contributed by atoms with Crippen molar-refractivity contribution >= 4 is 38.3 Å². The van der Waals surface area contributed by atoms with Crippen molar-refractivity contribution in [2.24, 2.45) is 0 Å². The molecule has 0 aliphatic rings. The highest BCUT2D eigenvalue weighted by Crippen LogP contribution is 2.22. The predicted octanol–water partition coefficient (Wildman–Crippen LogP) is 1.69. The Bertz CT molecular complexity index is 1290. The van der Waals surface area contributed by atoms with Gasteiger partial charge in [-0.1, -0.05) is 18.2 Å². The maximum absolute atomic E-state index is 12.4. The van der Waals surface area contributed by atoms with Crippen LogP contribution in [0.15, 0.2) is 57.7 Å². The summed E-state index contributed by atoms with van der Waals surface area (Å²) in [4.78, 5) is 20.3. The molecule has 0 spiro atoms. The van der Waals surface area contributed by atoms with Crippen LogP contribution in [0.1, 0.15) is 4.88 Å². The zero-order valence-electron chi connectivity index (χ0n) is 14.7. The number of benzene rings is 1. The maximum Gasteiger partial charge on any atom is 0.263 e. The highest BCUT2D eigenvalue weighted by atomic mass is 32.2. The fourth-order valence-electron chi connectivity index (χ4n) is 2.63. The Labute approximate surface area is 164 Å². The summed E-state index contributed by atoms with van der Waals surface area (Å²) in [6, 6.07) is 12.6. The summed E-state index contributed by atoms with van der Waals surface area (Å²) in [6.07, 6.45) is 1.48. The van der Waals surface area contributed by atoms with Gasteiger partial charge in [-0.25, -0.2) is 17.8 Å². The third-order valence-corrected chi connectivity index (χ3v) is 7.03. The minimum absolute atomic E-state index is 0.228. The van der Waals surface area contributed by atoms with Crippen LogP contribution in [0.2, 0.25) is 0 Å². The molecule has 0 fully saturated rings. The quantitative estimate of drug-likeness (QED) is 0.440. The average Bonchev–Trinajstić information content (AvgIpc) is 3.35. The number of hydrogen-bond acceptors (Lipinski definition) is 7. The summed E-state index contributed by atoms with van der Waals surface area (Å²) in [5, 5.41) is 7.68. The van der Waals surface area contributed by atoms with Crippen LogP contribution in [0.5, 0.6) is 0 Å². The minimum Gasteiger partial charge on any atom is -0.351 e. The molecule has 4 aromatic rings. The van der Waals surface area contributed by atoms with Crippen molar-refractivity contribution in [1.29, 1.82) is 0 Å². The molecule has 3 N–H and O–H groups in total. The number of para-hydroxylation sites is 1. The Hall–Kier alpha value is -3.02. The molecule has 0 atom stereocenters. The van der Waals surface area contributed by atoms with Gasteiger partial charge in [0.15, 0.2) is 5.65 Å². The van der Waals surface area contributed by atoms with Gasteiger partial charge in [0.2, 0.25) is 16.0 Å². The van der Waals surface area contributed by atoms with Gasteiger partial charge in [0, 0.05) is 4.88 Å². The summed E-state index contributed by atoms with van der Waals surface area (Å²) >= 11 is 1.14. The van der Waals surface area contributed by atoms with E-state index in [1.54, 1.807) is 10.7 Å². The number of H-pyrrole nitrogens is 1. The van der Waals surface area contributed by atoms with E-state index < -0.39 is 10.0 Å². The SMILES string of the molecule is CNS(=O)(=O)c1ccc(CNc2nc3c(cnn3-c3ccccc3)c(=O)[nH]2)s1. The van der Waals surface area contributed by atoms with Crippen LogP contribution in [-0.4, -0.2) is 35.2 Å². The number of nitrogens with one attached hydrogen (secondary N) is 3. The van der Waals surface area contributed by atoms with Crippen LogP contribution < -0.4 is 15.6 Å². The first-order valence-corrected chi connectivity index (χ1v) is 10.6. The standard InChI is InChI=1S/C17H16N6O3S2/c1-18-28(25,26)14-8-7-12(27-14)9-19-17-21-15-13(16(24)22-17)10-20-23(15)11-5-3-2-4-6-11/h2-8,10,18H,9H2,1H3,(H2,19,21,22,24). The summed E-state index contributed by atoms with van der Waals surface area (Å²) in [7, 11) is -2.10. The van der Waals surface area contributed by atoms with Crippen LogP contribution in [0, 0.1) is 0 Å². The Morgan fingerprint density at radius 3 is 2.71 bits per heavy atom. The lowest BCUT2D eigenvalue weighted by molar-refractivity contribution is 0.590. The number of aromatic amines is 1. The second-order valence-corrected chi connectivity index (χ2v) is 9.11. The molecule has 28 heavy (non-hydrogen) atoms. The lowest BCUT2D eigenvalue weighted by Gasteiger charge is -2.06. The summed E-state index contributed by atoms with van der Waals surface area (Å²) in [5.41, 5.74) is 0.920. The fourth-order valence-corrected chi connectivity index (χ4v) is 4.76. The second kappa shape index (κ2) is 7.19. The van der Waals surface area contributed by atoms with E-state index in [1.807, 2.05) is 30.3 Å². The van der Waals surface area contributed by atoms with E-state index in [4.69, 9.17) is 0 Å². The largest absolute Gasteiger partial charge is 0.351 e. The van der Waals surface area contributed by atoms with Gasteiger partial charge in [-0.3, -0.25) is 9.78 Å². The molecular formula is C17H16N6O3S2. The lowest BCUT2D eigenvalue weighted by Crippen LogP contribution is -2.17. The van der Waals surface area contributed by atoms with Crippen molar-refractivity contribution in [3.8, 4) is 5.69 Å². The van der Waals surface area contributed by atoms with Crippen molar-refractivity contribution in [1.82, 2.24) is 24.5 Å². The Kier molecular flexibility index (Phi) is 4.71. The van der Waals surface area contributed by atoms with E-state index in [2.05, 4.69) is 25.1 Å². The molecule has 9 nitrogen and oxygen atoms in total. The normalized spacial score (nSPS) is 11.8. The topological polar surface area (TPSA) is 122 Å². The van der Waals surface area contributed by atoms with E-state index in [0.717, 1.165) is 21.9 Å². The van der Waals surface area contributed by atoms with Gasteiger partial charge in [0.25, 0.3) is 5.56 Å². The molecule has 0 aliphatic carbocycles. The molecule has 1 aromatic carbocycles. The molecule has 0 amide bonds. The Morgan fingerprint density at radius 1 is 1.18 bits per heavy atom. The Balaban J connectivity index is 1.62. The smallest absolute Gasteiger partial charge is 0.263 e. The number of rotatable bonds is 6. The highest BCUT2D eigenvalue weighted by molar-refractivity contribution is 7.91. The lowest BCUT2D eigenvalue weighted by atomic mass is 10.3. The van der Waals surface area contributed by atoms with Gasteiger partial charge in [0.05, 0.1) is 18.4 Å². The molecule has 4 rings (SSSR count). The van der Waals surface area contributed by atoms with Crippen molar-refractivity contribution in [2.75, 3.05) is 12.4 Å². The van der Waals surface area contributed by atoms with E-state index >= 15 is 0 Å². The van der Waals surface area contributed by atoms with Gasteiger partial charge >= 0.3 is 0 Å². The first kappa shape index (κ1) is 18.3. The van der Waals surface area contributed by atoms with Crippen molar-refractivity contribution in [2.45, 2.75) is 10.8 Å². The zero-order valence-corrected chi connectivity index (χ0v) is 16.3. The van der Waals surface area contributed by atoms with E-state index in [0.29, 0.717) is 17.6 Å². The van der Waals surface area contributed by atoms with Gasteiger partial charge in [-0.05, 0) is 31.3 Å². The van der Waals surface area contributed by atoms with Gasteiger partial charge in [-0.2, -0.15) is 10.1 Å². The van der Waals surface area contributed by atoms with Crippen molar-refractivity contribution in [3.05, 3.63) is 63.9 Å². The fraction of sp³-hybridized carbons (Fsp3) is 0.118. The van der Waals surface area contributed by atoms with Crippen LogP contribution in [0.3, 0.4) is 0 Å². The third-order valence-electron chi connectivity index (χ3n) is 4.04. The number of sulfonamides is 1. The summed E-state index contributed by atoms with van der Waals surface area (Å²) < 4.78 is 27.8. The van der Waals surface area contributed by atoms with Crippen LogP contribution in [-0.2, 0) is 16.6 Å². The summed E-state index contributed by atoms with van der Waals surface area (Å²) in [6.45, 7) is 0.317. The van der Waals surface area contributed by atoms with Crippen LogP contribution in [0.25, 0.3) is 16.7 Å². The molecule has 0 unspecified atom stereocenters. The third kappa shape index (κ3) is 3.42. The van der Waals surface area contributed by atoms with Crippen LogP contribution in [0.4, 0.5) is 5.95 Å². The van der Waals surface area contributed by atoms with Crippen molar-refractivity contribution in [3.63, 3.8) is 0 Å². The molecule has 144 valence electrons. The molecular weight excluding hydrogens is 400 g/mol. The van der Waals surface area contributed by atoms with Crippen molar-refractivity contribution < 1.29 is 8.42 Å². The first-order chi connectivity index (χ1) is 13.5. The molecule has 0 saturated carbocycles. The number of nitrogens with zero attached hydrogens (tertiary/aromatic N) is 3. The zero-order chi connectivity index (χ0) is 19.7. The number of hydrogen-bond donors (Lipinski definition) is 3. The molecule has 3 aromatic heterocycles. The van der Waals surface area contributed by atoms with Gasteiger partial charge < -0.3 is 5.32 Å². The van der Waals surface area contributed by atoms with E-state index in [1.165, 1.54) is 19.3 Å². The van der Waals surface area contributed by atoms with Gasteiger partial charge in [0.1, 0.15) is 9.60 Å². The number of anilines is 1. The summed E-state index contributed by atoms with van der Waals surface area (Å²) in [5.74, 6) is 0.279. The number of aromatic nitrogens is 4. The average molecular weight is 416 g/mol.